The molecular weight excluding hydrogens is 447 g/mol. The summed E-state index contributed by atoms with van der Waals surface area (Å²) in [6.45, 7) is 3.53. The lowest BCUT2D eigenvalue weighted by Crippen LogP contribution is -2.22. The number of allylic oxidation sites excluding steroid dienone is 1. The quantitative estimate of drug-likeness (QED) is 0.559. The SMILES string of the molecule is CCOC(=O)c1nn(C/C(F)=C/CN)c(C)c1Cc1ccc(S(=O)(=O)N(C)C)cc1.Cl. The van der Waals surface area contributed by atoms with Gasteiger partial charge in [0.25, 0.3) is 0 Å². The van der Waals surface area contributed by atoms with Crippen LogP contribution in [0.15, 0.2) is 41.1 Å². The monoisotopic (exact) mass is 474 g/mol. The highest BCUT2D eigenvalue weighted by atomic mass is 35.5. The number of benzene rings is 1. The minimum Gasteiger partial charge on any atom is -0.461 e. The zero-order chi connectivity index (χ0) is 22.5. The number of esters is 1. The highest BCUT2D eigenvalue weighted by Gasteiger charge is 2.23. The first-order valence-corrected chi connectivity index (χ1v) is 10.8. The van der Waals surface area contributed by atoms with Crippen LogP contribution in [-0.2, 0) is 27.7 Å². The Labute approximate surface area is 188 Å². The van der Waals surface area contributed by atoms with Crippen LogP contribution in [0.25, 0.3) is 0 Å². The largest absolute Gasteiger partial charge is 0.461 e. The summed E-state index contributed by atoms with van der Waals surface area (Å²) in [5.41, 5.74) is 7.44. The van der Waals surface area contributed by atoms with Crippen molar-refractivity contribution in [2.75, 3.05) is 27.2 Å². The number of sulfonamides is 1. The van der Waals surface area contributed by atoms with E-state index in [0.29, 0.717) is 17.7 Å². The summed E-state index contributed by atoms with van der Waals surface area (Å²) in [5.74, 6) is -1.05. The van der Waals surface area contributed by atoms with Gasteiger partial charge in [0.15, 0.2) is 5.69 Å². The van der Waals surface area contributed by atoms with Crippen LogP contribution in [0.5, 0.6) is 0 Å². The highest BCUT2D eigenvalue weighted by molar-refractivity contribution is 7.89. The van der Waals surface area contributed by atoms with Crippen LogP contribution in [0, 0.1) is 6.92 Å². The van der Waals surface area contributed by atoms with Crippen LogP contribution < -0.4 is 5.73 Å². The summed E-state index contributed by atoms with van der Waals surface area (Å²) in [6, 6.07) is 6.38. The maximum absolute atomic E-state index is 14.0. The van der Waals surface area contributed by atoms with Gasteiger partial charge in [-0.2, -0.15) is 5.10 Å². The minimum atomic E-state index is -3.53. The molecule has 0 saturated carbocycles. The molecule has 0 saturated heterocycles. The van der Waals surface area contributed by atoms with Gasteiger partial charge in [0.1, 0.15) is 5.83 Å². The van der Waals surface area contributed by atoms with E-state index in [1.165, 1.54) is 37.0 Å². The smallest absolute Gasteiger partial charge is 0.359 e. The molecule has 0 radical (unpaired) electrons. The van der Waals surface area contributed by atoms with Gasteiger partial charge in [-0.15, -0.1) is 12.4 Å². The van der Waals surface area contributed by atoms with Crippen molar-refractivity contribution < 1.29 is 22.3 Å². The number of halogens is 2. The average molecular weight is 475 g/mol. The number of carbonyl (C=O) groups excluding carboxylic acids is 1. The van der Waals surface area contributed by atoms with Gasteiger partial charge in [-0.05, 0) is 37.6 Å². The molecule has 0 amide bonds. The molecule has 0 spiro atoms. The Hall–Kier alpha value is -2.27. The number of nitrogens with zero attached hydrogens (tertiary/aromatic N) is 3. The number of rotatable bonds is 9. The minimum absolute atomic E-state index is 0. The van der Waals surface area contributed by atoms with E-state index in [-0.39, 0.29) is 42.7 Å². The Balaban J connectivity index is 0.00000480. The van der Waals surface area contributed by atoms with Gasteiger partial charge >= 0.3 is 5.97 Å². The molecule has 0 unspecified atom stereocenters. The van der Waals surface area contributed by atoms with Crippen LogP contribution in [0.1, 0.15) is 34.2 Å². The molecule has 0 atom stereocenters. The summed E-state index contributed by atoms with van der Waals surface area (Å²) in [7, 11) is -0.608. The van der Waals surface area contributed by atoms with E-state index in [9.17, 15) is 17.6 Å². The number of hydrogen-bond donors (Lipinski definition) is 1. The average Bonchev–Trinajstić information content (AvgIpc) is 2.98. The molecule has 0 fully saturated rings. The molecule has 11 heteroatoms. The van der Waals surface area contributed by atoms with Crippen molar-refractivity contribution in [3.8, 4) is 0 Å². The highest BCUT2D eigenvalue weighted by Crippen LogP contribution is 2.22. The summed E-state index contributed by atoms with van der Waals surface area (Å²) < 4.78 is 46.0. The third-order valence-corrected chi connectivity index (χ3v) is 6.35. The van der Waals surface area contributed by atoms with Crippen molar-refractivity contribution in [3.63, 3.8) is 0 Å². The van der Waals surface area contributed by atoms with Crippen LogP contribution in [0.2, 0.25) is 0 Å². The lowest BCUT2D eigenvalue weighted by molar-refractivity contribution is 0.0517. The molecule has 1 aromatic carbocycles. The van der Waals surface area contributed by atoms with Gasteiger partial charge in [-0.1, -0.05) is 12.1 Å². The number of nitrogens with two attached hydrogens (primary N) is 1. The standard InChI is InChI=1S/C20H27FN4O4S.ClH/c1-5-29-20(26)19-18(14(2)25(23-19)13-16(21)10-11-22)12-15-6-8-17(9-7-15)30(27,28)24(3)4;/h6-10H,5,11-13,22H2,1-4H3;1H/b16-10-;. The second-order valence-electron chi connectivity index (χ2n) is 6.79. The first-order chi connectivity index (χ1) is 14.1. The topological polar surface area (TPSA) is 108 Å². The summed E-state index contributed by atoms with van der Waals surface area (Å²) >= 11 is 0. The number of aromatic nitrogens is 2. The number of ether oxygens (including phenoxy) is 1. The molecule has 0 bridgehead atoms. The molecule has 2 aromatic rings. The Bertz CT molecular complexity index is 1030. The summed E-state index contributed by atoms with van der Waals surface area (Å²) in [5, 5.41) is 4.24. The molecule has 0 aliphatic carbocycles. The molecule has 0 aliphatic rings. The Morgan fingerprint density at radius 3 is 2.42 bits per heavy atom. The molecule has 31 heavy (non-hydrogen) atoms. The lowest BCUT2D eigenvalue weighted by atomic mass is 10.0. The lowest BCUT2D eigenvalue weighted by Gasteiger charge is -2.12. The van der Waals surface area contributed by atoms with Crippen LogP contribution in [0.3, 0.4) is 0 Å². The van der Waals surface area contributed by atoms with E-state index in [0.717, 1.165) is 9.87 Å². The van der Waals surface area contributed by atoms with Crippen molar-refractivity contribution in [2.45, 2.75) is 31.7 Å². The number of carbonyl (C=O) groups is 1. The van der Waals surface area contributed by atoms with E-state index < -0.39 is 21.8 Å². The zero-order valence-corrected chi connectivity index (χ0v) is 19.6. The van der Waals surface area contributed by atoms with E-state index in [1.54, 1.807) is 26.0 Å². The summed E-state index contributed by atoms with van der Waals surface area (Å²) in [6.07, 6.45) is 1.55. The Kier molecular flexibility index (Phi) is 9.82. The van der Waals surface area contributed by atoms with Gasteiger partial charge in [0.2, 0.25) is 10.0 Å². The van der Waals surface area contributed by atoms with Crippen molar-refractivity contribution in [2.24, 2.45) is 5.73 Å². The normalized spacial score (nSPS) is 12.0. The first kappa shape index (κ1) is 26.8. The molecule has 1 aromatic heterocycles. The van der Waals surface area contributed by atoms with Crippen molar-refractivity contribution in [1.82, 2.24) is 14.1 Å². The van der Waals surface area contributed by atoms with Gasteiger partial charge in [0, 0.05) is 38.3 Å². The fourth-order valence-electron chi connectivity index (χ4n) is 2.84. The maximum atomic E-state index is 14.0. The molecular formula is C20H28ClFN4O4S. The molecule has 1 heterocycles. The predicted molar refractivity (Wildman–Crippen MR) is 119 cm³/mol. The molecule has 2 N–H and O–H groups in total. The number of hydrogen-bond acceptors (Lipinski definition) is 6. The Morgan fingerprint density at radius 1 is 1.29 bits per heavy atom. The third-order valence-electron chi connectivity index (χ3n) is 4.52. The fraction of sp³-hybridized carbons (Fsp3) is 0.400. The maximum Gasteiger partial charge on any atom is 0.359 e. The van der Waals surface area contributed by atoms with Crippen LogP contribution >= 0.6 is 12.4 Å². The molecule has 172 valence electrons. The van der Waals surface area contributed by atoms with Crippen molar-refractivity contribution in [3.05, 3.63) is 58.7 Å². The predicted octanol–water partition coefficient (Wildman–Crippen LogP) is 2.44. The molecule has 8 nitrogen and oxygen atoms in total. The van der Waals surface area contributed by atoms with Crippen LogP contribution in [-0.4, -0.2) is 55.7 Å². The first-order valence-electron chi connectivity index (χ1n) is 9.41. The van der Waals surface area contributed by atoms with E-state index in [2.05, 4.69) is 5.10 Å². The van der Waals surface area contributed by atoms with E-state index in [4.69, 9.17) is 10.5 Å². The van der Waals surface area contributed by atoms with Gasteiger partial charge in [-0.25, -0.2) is 21.9 Å². The summed E-state index contributed by atoms with van der Waals surface area (Å²) in [4.78, 5) is 12.6. The van der Waals surface area contributed by atoms with Gasteiger partial charge < -0.3 is 10.5 Å². The van der Waals surface area contributed by atoms with Gasteiger partial charge in [-0.3, -0.25) is 4.68 Å². The second-order valence-corrected chi connectivity index (χ2v) is 8.94. The van der Waals surface area contributed by atoms with Crippen molar-refractivity contribution >= 4 is 28.4 Å². The Morgan fingerprint density at radius 2 is 1.90 bits per heavy atom. The third kappa shape index (κ3) is 6.36. The zero-order valence-electron chi connectivity index (χ0n) is 18.0. The van der Waals surface area contributed by atoms with E-state index in [1.807, 2.05) is 0 Å². The molecule has 2 rings (SSSR count). The molecule has 0 aliphatic heterocycles. The van der Waals surface area contributed by atoms with Gasteiger partial charge in [0.05, 0.1) is 18.0 Å². The van der Waals surface area contributed by atoms with Crippen LogP contribution in [0.4, 0.5) is 4.39 Å². The second kappa shape index (κ2) is 11.4. The van der Waals surface area contributed by atoms with E-state index >= 15 is 0 Å². The fourth-order valence-corrected chi connectivity index (χ4v) is 3.74. The van der Waals surface area contributed by atoms with Crippen molar-refractivity contribution in [1.29, 1.82) is 0 Å².